The molecule has 1 aromatic carbocycles. The van der Waals surface area contributed by atoms with Gasteiger partial charge in [0.15, 0.2) is 0 Å². The molecule has 1 aromatic rings. The lowest BCUT2D eigenvalue weighted by Crippen LogP contribution is -2.32. The van der Waals surface area contributed by atoms with Crippen molar-refractivity contribution in [3.8, 4) is 0 Å². The highest BCUT2D eigenvalue weighted by molar-refractivity contribution is 5.66. The molecule has 3 heteroatoms. The largest absolute Gasteiger partial charge is 0.481 e. The summed E-state index contributed by atoms with van der Waals surface area (Å²) in [4.78, 5) is 13.0. The first-order chi connectivity index (χ1) is 9.15. The van der Waals surface area contributed by atoms with Gasteiger partial charge in [-0.25, -0.2) is 0 Å². The molecule has 1 N–H and O–H groups in total. The Morgan fingerprint density at radius 1 is 1.37 bits per heavy atom. The zero-order valence-corrected chi connectivity index (χ0v) is 11.6. The van der Waals surface area contributed by atoms with Crippen molar-refractivity contribution >= 4 is 5.97 Å². The van der Waals surface area contributed by atoms with Gasteiger partial charge in [-0.2, -0.15) is 0 Å². The molecular formula is C16H23NO2. The van der Waals surface area contributed by atoms with Crippen molar-refractivity contribution in [1.29, 1.82) is 0 Å². The lowest BCUT2D eigenvalue weighted by atomic mass is 10.0. The van der Waals surface area contributed by atoms with Crippen molar-refractivity contribution in [3.05, 3.63) is 35.4 Å². The third-order valence-corrected chi connectivity index (χ3v) is 3.93. The smallest absolute Gasteiger partial charge is 0.303 e. The van der Waals surface area contributed by atoms with Crippen molar-refractivity contribution in [3.63, 3.8) is 0 Å². The molecule has 2 rings (SSSR count). The molecule has 0 amide bonds. The Bertz CT molecular complexity index is 413. The molecule has 1 heterocycles. The minimum absolute atomic E-state index is 0.285. The quantitative estimate of drug-likeness (QED) is 0.856. The van der Waals surface area contributed by atoms with E-state index in [2.05, 4.69) is 36.1 Å². The Morgan fingerprint density at radius 2 is 2.11 bits per heavy atom. The Hall–Kier alpha value is -1.35. The Balaban J connectivity index is 1.84. The number of benzene rings is 1. The minimum Gasteiger partial charge on any atom is -0.481 e. The van der Waals surface area contributed by atoms with Crippen LogP contribution in [0.25, 0.3) is 0 Å². The van der Waals surface area contributed by atoms with Gasteiger partial charge < -0.3 is 10.0 Å². The maximum absolute atomic E-state index is 10.6. The summed E-state index contributed by atoms with van der Waals surface area (Å²) in [7, 11) is 0. The Morgan fingerprint density at radius 3 is 2.79 bits per heavy atom. The highest BCUT2D eigenvalue weighted by atomic mass is 16.4. The number of nitrogens with zero attached hydrogens (tertiary/aromatic N) is 1. The van der Waals surface area contributed by atoms with Gasteiger partial charge in [-0.1, -0.05) is 29.8 Å². The van der Waals surface area contributed by atoms with Crippen LogP contribution in [0, 0.1) is 6.92 Å². The standard InChI is InChI=1S/C16H23NO2/c1-13-6-8-14(9-7-13)12-15-4-2-10-17(15)11-3-5-16(18)19/h6-9,15H,2-5,10-12H2,1H3,(H,18,19). The lowest BCUT2D eigenvalue weighted by Gasteiger charge is -2.24. The molecule has 0 aromatic heterocycles. The Labute approximate surface area is 115 Å². The molecule has 1 fully saturated rings. The maximum Gasteiger partial charge on any atom is 0.303 e. The number of rotatable bonds is 6. The van der Waals surface area contributed by atoms with E-state index in [9.17, 15) is 4.79 Å². The molecule has 1 aliphatic rings. The third-order valence-electron chi connectivity index (χ3n) is 3.93. The van der Waals surface area contributed by atoms with Crippen molar-refractivity contribution in [1.82, 2.24) is 4.90 Å². The van der Waals surface area contributed by atoms with E-state index in [1.807, 2.05) is 0 Å². The number of carboxylic acids is 1. The van der Waals surface area contributed by atoms with Crippen molar-refractivity contribution in [2.45, 2.75) is 45.1 Å². The van der Waals surface area contributed by atoms with Crippen LogP contribution in [-0.4, -0.2) is 35.1 Å². The van der Waals surface area contributed by atoms with Crippen LogP contribution < -0.4 is 0 Å². The number of carboxylic acid groups (broad SMARTS) is 1. The van der Waals surface area contributed by atoms with Gasteiger partial charge in [-0.15, -0.1) is 0 Å². The average molecular weight is 261 g/mol. The lowest BCUT2D eigenvalue weighted by molar-refractivity contribution is -0.137. The fourth-order valence-corrected chi connectivity index (χ4v) is 2.85. The number of likely N-dealkylation sites (tertiary alicyclic amines) is 1. The summed E-state index contributed by atoms with van der Waals surface area (Å²) in [6.07, 6.45) is 4.62. The highest BCUT2D eigenvalue weighted by Gasteiger charge is 2.24. The van der Waals surface area contributed by atoms with Crippen LogP contribution in [0.2, 0.25) is 0 Å². The zero-order valence-electron chi connectivity index (χ0n) is 11.6. The predicted molar refractivity (Wildman–Crippen MR) is 76.3 cm³/mol. The summed E-state index contributed by atoms with van der Waals surface area (Å²) in [5.41, 5.74) is 2.69. The summed E-state index contributed by atoms with van der Waals surface area (Å²) in [5, 5.41) is 8.70. The van der Waals surface area contributed by atoms with Crippen LogP contribution in [0.4, 0.5) is 0 Å². The van der Waals surface area contributed by atoms with Gasteiger partial charge in [-0.05, 0) is 51.3 Å². The molecule has 1 saturated heterocycles. The van der Waals surface area contributed by atoms with Crippen molar-refractivity contribution in [2.75, 3.05) is 13.1 Å². The predicted octanol–water partition coefficient (Wildman–Crippen LogP) is 2.87. The van der Waals surface area contributed by atoms with E-state index < -0.39 is 5.97 Å². The van der Waals surface area contributed by atoms with E-state index in [0.717, 1.165) is 25.9 Å². The molecule has 3 nitrogen and oxygen atoms in total. The molecule has 1 aliphatic heterocycles. The summed E-state index contributed by atoms with van der Waals surface area (Å²) >= 11 is 0. The fraction of sp³-hybridized carbons (Fsp3) is 0.562. The minimum atomic E-state index is -0.686. The number of aryl methyl sites for hydroxylation is 1. The molecule has 0 radical (unpaired) electrons. The highest BCUT2D eigenvalue weighted by Crippen LogP contribution is 2.21. The first-order valence-electron chi connectivity index (χ1n) is 7.16. The number of carbonyl (C=O) groups is 1. The van der Waals surface area contributed by atoms with Crippen LogP contribution in [0.1, 0.15) is 36.8 Å². The second kappa shape index (κ2) is 6.71. The summed E-state index contributed by atoms with van der Waals surface area (Å²) in [6.45, 7) is 4.15. The van der Waals surface area contributed by atoms with E-state index in [4.69, 9.17) is 5.11 Å². The molecular weight excluding hydrogens is 238 g/mol. The molecule has 0 spiro atoms. The van der Waals surface area contributed by atoms with Gasteiger partial charge in [0.1, 0.15) is 0 Å². The van der Waals surface area contributed by atoms with Crippen molar-refractivity contribution < 1.29 is 9.90 Å². The topological polar surface area (TPSA) is 40.5 Å². The van der Waals surface area contributed by atoms with Crippen LogP contribution >= 0.6 is 0 Å². The van der Waals surface area contributed by atoms with Crippen LogP contribution in [-0.2, 0) is 11.2 Å². The first kappa shape index (κ1) is 14.1. The molecule has 104 valence electrons. The van der Waals surface area contributed by atoms with Gasteiger partial charge in [0.25, 0.3) is 0 Å². The van der Waals surface area contributed by atoms with Gasteiger partial charge in [0, 0.05) is 12.5 Å². The van der Waals surface area contributed by atoms with E-state index in [1.165, 1.54) is 24.0 Å². The van der Waals surface area contributed by atoms with E-state index in [0.29, 0.717) is 6.04 Å². The Kier molecular flexibility index (Phi) is 4.97. The van der Waals surface area contributed by atoms with Gasteiger partial charge in [0.2, 0.25) is 0 Å². The summed E-state index contributed by atoms with van der Waals surface area (Å²) < 4.78 is 0. The molecule has 19 heavy (non-hydrogen) atoms. The maximum atomic E-state index is 10.6. The summed E-state index contributed by atoms with van der Waals surface area (Å²) in [5.74, 6) is -0.686. The van der Waals surface area contributed by atoms with Crippen LogP contribution in [0.3, 0.4) is 0 Å². The van der Waals surface area contributed by atoms with Gasteiger partial charge in [-0.3, -0.25) is 4.79 Å². The molecule has 1 unspecified atom stereocenters. The normalized spacial score (nSPS) is 19.7. The zero-order chi connectivity index (χ0) is 13.7. The molecule has 0 aliphatic carbocycles. The monoisotopic (exact) mass is 261 g/mol. The second-order valence-corrected chi connectivity index (χ2v) is 5.52. The average Bonchev–Trinajstić information content (AvgIpc) is 2.79. The van der Waals surface area contributed by atoms with E-state index in [1.54, 1.807) is 0 Å². The molecule has 1 atom stereocenters. The van der Waals surface area contributed by atoms with Gasteiger partial charge >= 0.3 is 5.97 Å². The van der Waals surface area contributed by atoms with Crippen LogP contribution in [0.15, 0.2) is 24.3 Å². The van der Waals surface area contributed by atoms with Crippen LogP contribution in [0.5, 0.6) is 0 Å². The summed E-state index contributed by atoms with van der Waals surface area (Å²) in [6, 6.07) is 9.35. The number of hydrogen-bond donors (Lipinski definition) is 1. The van der Waals surface area contributed by atoms with E-state index >= 15 is 0 Å². The van der Waals surface area contributed by atoms with Gasteiger partial charge in [0.05, 0.1) is 0 Å². The first-order valence-corrected chi connectivity index (χ1v) is 7.16. The number of aliphatic carboxylic acids is 1. The SMILES string of the molecule is Cc1ccc(CC2CCCN2CCCC(=O)O)cc1. The number of hydrogen-bond acceptors (Lipinski definition) is 2. The molecule has 0 saturated carbocycles. The fourth-order valence-electron chi connectivity index (χ4n) is 2.85. The van der Waals surface area contributed by atoms with Crippen molar-refractivity contribution in [2.24, 2.45) is 0 Å². The third kappa shape index (κ3) is 4.35. The molecule has 0 bridgehead atoms. The van der Waals surface area contributed by atoms with E-state index in [-0.39, 0.29) is 6.42 Å². The second-order valence-electron chi connectivity index (χ2n) is 5.52.